The lowest BCUT2D eigenvalue weighted by molar-refractivity contribution is -0.132. The normalized spacial score (nSPS) is 10.9. The fraction of sp³-hybridized carbons (Fsp3) is 0.143. The molecule has 1 amide bonds. The van der Waals surface area contributed by atoms with Crippen LogP contribution in [0.4, 0.5) is 0 Å². The van der Waals surface area contributed by atoms with Gasteiger partial charge in [0.05, 0.1) is 10.2 Å². The smallest absolute Gasteiger partial charge is 0.352 e. The zero-order valence-corrected chi connectivity index (χ0v) is 17.4. The number of hydrogen-bond acceptors (Lipinski definition) is 4. The van der Waals surface area contributed by atoms with Gasteiger partial charge in [-0.3, -0.25) is 4.79 Å². The number of ether oxygens (including phenoxy) is 2. The van der Waals surface area contributed by atoms with Crippen LogP contribution in [0.5, 0.6) is 11.5 Å². The van der Waals surface area contributed by atoms with E-state index < -0.39 is 11.9 Å². The molecule has 0 atom stereocenters. The molecule has 7 heteroatoms. The summed E-state index contributed by atoms with van der Waals surface area (Å²) in [4.78, 5) is 23.9. The molecule has 0 radical (unpaired) electrons. The number of carboxylic acid groups (broad SMARTS) is 1. The second-order valence-electron chi connectivity index (χ2n) is 5.55. The number of halogens is 1. The summed E-state index contributed by atoms with van der Waals surface area (Å²) in [5, 5.41) is 11.9. The lowest BCUT2D eigenvalue weighted by Gasteiger charge is -2.14. The molecule has 0 saturated carbocycles. The molecule has 2 aromatic rings. The highest BCUT2D eigenvalue weighted by molar-refractivity contribution is 14.1. The van der Waals surface area contributed by atoms with Crippen molar-refractivity contribution < 1.29 is 24.2 Å². The van der Waals surface area contributed by atoms with Crippen LogP contribution in [-0.4, -0.2) is 30.2 Å². The summed E-state index contributed by atoms with van der Waals surface area (Å²) in [6, 6.07) is 11.8. The van der Waals surface area contributed by atoms with Crippen LogP contribution in [0.3, 0.4) is 0 Å². The minimum atomic E-state index is -1.25. The minimum absolute atomic E-state index is 0.244. The van der Waals surface area contributed by atoms with Crippen LogP contribution >= 0.6 is 22.6 Å². The summed E-state index contributed by atoms with van der Waals surface area (Å²) in [5.41, 5.74) is 0.684. The van der Waals surface area contributed by atoms with Crippen molar-refractivity contribution in [2.75, 3.05) is 13.2 Å². The second kappa shape index (κ2) is 10.5. The molecule has 0 bridgehead atoms. The number of amides is 1. The van der Waals surface area contributed by atoms with Gasteiger partial charge in [0.25, 0.3) is 5.91 Å². The summed E-state index contributed by atoms with van der Waals surface area (Å²) >= 11 is 2.09. The van der Waals surface area contributed by atoms with Gasteiger partial charge in [-0.25, -0.2) is 4.79 Å². The van der Waals surface area contributed by atoms with Crippen LogP contribution in [0.2, 0.25) is 0 Å². The largest absolute Gasteiger partial charge is 0.490 e. The van der Waals surface area contributed by atoms with Gasteiger partial charge in [-0.1, -0.05) is 30.9 Å². The van der Waals surface area contributed by atoms with Gasteiger partial charge in [-0.05, 0) is 65.4 Å². The maximum atomic E-state index is 12.3. The van der Waals surface area contributed by atoms with Gasteiger partial charge in [0, 0.05) is 5.56 Å². The van der Waals surface area contributed by atoms with Gasteiger partial charge in [0.1, 0.15) is 12.3 Å². The monoisotopic (exact) mass is 493 g/mol. The average Bonchev–Trinajstić information content (AvgIpc) is 2.67. The van der Waals surface area contributed by atoms with Gasteiger partial charge < -0.3 is 19.9 Å². The van der Waals surface area contributed by atoms with Gasteiger partial charge in [-0.15, -0.1) is 0 Å². The van der Waals surface area contributed by atoms with Crippen molar-refractivity contribution in [3.63, 3.8) is 0 Å². The van der Waals surface area contributed by atoms with Crippen LogP contribution in [0.15, 0.2) is 60.8 Å². The summed E-state index contributed by atoms with van der Waals surface area (Å²) in [5.74, 6) is -0.699. The molecular weight excluding hydrogens is 473 g/mol. The highest BCUT2D eigenvalue weighted by Gasteiger charge is 2.16. The van der Waals surface area contributed by atoms with Crippen molar-refractivity contribution in [2.24, 2.45) is 0 Å². The Morgan fingerprint density at radius 2 is 1.93 bits per heavy atom. The van der Waals surface area contributed by atoms with E-state index in [4.69, 9.17) is 9.47 Å². The zero-order valence-electron chi connectivity index (χ0n) is 15.3. The lowest BCUT2D eigenvalue weighted by Crippen LogP contribution is -2.27. The number of carbonyl (C=O) groups excluding carboxylic acids is 1. The van der Waals surface area contributed by atoms with Gasteiger partial charge in [-0.2, -0.15) is 0 Å². The van der Waals surface area contributed by atoms with E-state index in [1.807, 2.05) is 6.92 Å². The Hall–Kier alpha value is -2.81. The third kappa shape index (κ3) is 5.85. The zero-order chi connectivity index (χ0) is 20.5. The third-order valence-corrected chi connectivity index (χ3v) is 4.30. The molecular formula is C21H20INO5. The van der Waals surface area contributed by atoms with E-state index in [9.17, 15) is 14.7 Å². The topological polar surface area (TPSA) is 84.9 Å². The summed E-state index contributed by atoms with van der Waals surface area (Å²) in [6.45, 7) is 6.21. The first-order chi connectivity index (χ1) is 13.5. The van der Waals surface area contributed by atoms with E-state index in [1.54, 1.807) is 48.5 Å². The number of nitrogens with one attached hydrogen (secondary N) is 1. The number of carbonyl (C=O) groups is 2. The van der Waals surface area contributed by atoms with E-state index in [0.717, 1.165) is 3.57 Å². The van der Waals surface area contributed by atoms with Crippen molar-refractivity contribution in [2.45, 2.75) is 6.92 Å². The first kappa shape index (κ1) is 21.5. The first-order valence-corrected chi connectivity index (χ1v) is 9.55. The van der Waals surface area contributed by atoms with E-state index >= 15 is 0 Å². The molecule has 146 valence electrons. The fourth-order valence-corrected chi connectivity index (χ4v) is 3.10. The van der Waals surface area contributed by atoms with Crippen LogP contribution in [0.25, 0.3) is 6.08 Å². The molecule has 2 N–H and O–H groups in total. The van der Waals surface area contributed by atoms with Crippen molar-refractivity contribution in [1.82, 2.24) is 5.32 Å². The highest BCUT2D eigenvalue weighted by atomic mass is 127. The van der Waals surface area contributed by atoms with Crippen molar-refractivity contribution in [1.29, 1.82) is 0 Å². The molecule has 0 saturated heterocycles. The van der Waals surface area contributed by atoms with Crippen molar-refractivity contribution in [3.8, 4) is 11.5 Å². The Morgan fingerprint density at radius 3 is 2.54 bits per heavy atom. The van der Waals surface area contributed by atoms with Gasteiger partial charge >= 0.3 is 5.97 Å². The molecule has 2 rings (SSSR count). The quantitative estimate of drug-likeness (QED) is 0.312. The third-order valence-electron chi connectivity index (χ3n) is 3.50. The molecule has 0 aromatic heterocycles. The molecule has 0 aliphatic carbocycles. The first-order valence-electron chi connectivity index (χ1n) is 8.47. The number of hydrogen-bond donors (Lipinski definition) is 2. The fourth-order valence-electron chi connectivity index (χ4n) is 2.32. The second-order valence-corrected chi connectivity index (χ2v) is 6.71. The van der Waals surface area contributed by atoms with E-state index in [-0.39, 0.29) is 5.70 Å². The standard InChI is InChI=1S/C21H20INO5/c1-3-10-28-19-16(22)11-14(13-18(19)27-4-2)12-17(21(25)26)23-20(24)15-8-6-5-7-9-15/h3,5-9,11-13H,1,4,10H2,2H3,(H,23,24)(H,25,26)/b17-12+. The SMILES string of the molecule is C=CCOc1c(I)cc(/C=C(/NC(=O)c2ccccc2)C(=O)O)cc1OCC. The number of aliphatic carboxylic acids is 1. The molecule has 0 aliphatic heterocycles. The maximum absolute atomic E-state index is 12.3. The lowest BCUT2D eigenvalue weighted by atomic mass is 10.1. The summed E-state index contributed by atoms with van der Waals surface area (Å²) in [7, 11) is 0. The molecule has 0 heterocycles. The predicted molar refractivity (Wildman–Crippen MR) is 116 cm³/mol. The Bertz CT molecular complexity index is 893. The molecule has 28 heavy (non-hydrogen) atoms. The predicted octanol–water partition coefficient (Wildman–Crippen LogP) is 4.11. The van der Waals surface area contributed by atoms with E-state index in [0.29, 0.717) is 35.8 Å². The molecule has 2 aromatic carbocycles. The average molecular weight is 493 g/mol. The van der Waals surface area contributed by atoms with Crippen molar-refractivity contribution >= 4 is 40.5 Å². The van der Waals surface area contributed by atoms with Crippen LogP contribution in [0, 0.1) is 3.57 Å². The number of rotatable bonds is 9. The summed E-state index contributed by atoms with van der Waals surface area (Å²) in [6.07, 6.45) is 3.01. The maximum Gasteiger partial charge on any atom is 0.352 e. The van der Waals surface area contributed by atoms with Gasteiger partial charge in [0.15, 0.2) is 11.5 Å². The molecule has 0 spiro atoms. The van der Waals surface area contributed by atoms with Crippen LogP contribution < -0.4 is 14.8 Å². The number of carboxylic acids is 1. The van der Waals surface area contributed by atoms with Crippen LogP contribution in [-0.2, 0) is 4.79 Å². The molecule has 0 aliphatic rings. The van der Waals surface area contributed by atoms with Crippen molar-refractivity contribution in [3.05, 3.63) is 75.5 Å². The Kier molecular flexibility index (Phi) is 8.06. The minimum Gasteiger partial charge on any atom is -0.490 e. The van der Waals surface area contributed by atoms with Gasteiger partial charge in [0.2, 0.25) is 0 Å². The van der Waals surface area contributed by atoms with Crippen LogP contribution in [0.1, 0.15) is 22.8 Å². The Morgan fingerprint density at radius 1 is 1.21 bits per heavy atom. The summed E-state index contributed by atoms with van der Waals surface area (Å²) < 4.78 is 12.0. The number of benzene rings is 2. The highest BCUT2D eigenvalue weighted by Crippen LogP contribution is 2.35. The molecule has 0 fully saturated rings. The Balaban J connectivity index is 2.36. The molecule has 6 nitrogen and oxygen atoms in total. The van der Waals surface area contributed by atoms with E-state index in [1.165, 1.54) is 6.08 Å². The Labute approximate surface area is 177 Å². The van der Waals surface area contributed by atoms with E-state index in [2.05, 4.69) is 34.5 Å². The molecule has 0 unspecified atom stereocenters.